The predicted molar refractivity (Wildman–Crippen MR) is 114 cm³/mol. The number of halogens is 1. The van der Waals surface area contributed by atoms with Crippen molar-refractivity contribution in [3.05, 3.63) is 53.1 Å². The van der Waals surface area contributed by atoms with Gasteiger partial charge in [0.25, 0.3) is 0 Å². The van der Waals surface area contributed by atoms with Gasteiger partial charge in [0.15, 0.2) is 5.11 Å². The van der Waals surface area contributed by atoms with Gasteiger partial charge >= 0.3 is 0 Å². The molecule has 1 N–H and O–H groups in total. The number of rotatable bonds is 3. The van der Waals surface area contributed by atoms with E-state index in [0.717, 1.165) is 31.1 Å². The van der Waals surface area contributed by atoms with E-state index < -0.39 is 0 Å². The summed E-state index contributed by atoms with van der Waals surface area (Å²) in [7, 11) is 1.64. The summed E-state index contributed by atoms with van der Waals surface area (Å²) in [6, 6.07) is 14.5. The lowest BCUT2D eigenvalue weighted by molar-refractivity contribution is 0.342. The molecule has 0 amide bonds. The number of nitrogens with one attached hydrogen (secondary N) is 1. The summed E-state index contributed by atoms with van der Waals surface area (Å²) in [4.78, 5) is 4.63. The minimum Gasteiger partial charge on any atom is -0.495 e. The molecule has 0 aromatic heterocycles. The van der Waals surface area contributed by atoms with Crippen LogP contribution in [0.2, 0.25) is 5.02 Å². The number of hydrogen-bond acceptors (Lipinski definition) is 3. The summed E-state index contributed by atoms with van der Waals surface area (Å²) in [6.07, 6.45) is 0. The van der Waals surface area contributed by atoms with E-state index in [-0.39, 0.29) is 0 Å². The minimum atomic E-state index is 0.368. The van der Waals surface area contributed by atoms with Crippen LogP contribution in [0.5, 0.6) is 5.75 Å². The Morgan fingerprint density at radius 3 is 2.58 bits per heavy atom. The molecule has 2 aromatic carbocycles. The van der Waals surface area contributed by atoms with Crippen molar-refractivity contribution >= 4 is 40.3 Å². The molecule has 1 aliphatic heterocycles. The van der Waals surface area contributed by atoms with Gasteiger partial charge < -0.3 is 19.9 Å². The monoisotopic (exact) mass is 389 g/mol. The molecule has 138 valence electrons. The molecule has 1 aliphatic rings. The van der Waals surface area contributed by atoms with Crippen LogP contribution in [-0.4, -0.2) is 42.8 Å². The number of benzene rings is 2. The molecule has 26 heavy (non-hydrogen) atoms. The van der Waals surface area contributed by atoms with Gasteiger partial charge in [-0.1, -0.05) is 29.3 Å². The van der Waals surface area contributed by atoms with E-state index in [4.69, 9.17) is 28.6 Å². The summed E-state index contributed by atoms with van der Waals surface area (Å²) >= 11 is 11.7. The van der Waals surface area contributed by atoms with Crippen LogP contribution < -0.4 is 15.0 Å². The summed E-state index contributed by atoms with van der Waals surface area (Å²) in [5, 5.41) is 4.63. The zero-order chi connectivity index (χ0) is 18.7. The fourth-order valence-corrected chi connectivity index (χ4v) is 3.68. The number of aryl methyl sites for hydroxylation is 1. The van der Waals surface area contributed by atoms with Gasteiger partial charge in [0, 0.05) is 36.4 Å². The summed E-state index contributed by atoms with van der Waals surface area (Å²) in [5.74, 6) is 0.725. The molecule has 0 bridgehead atoms. The van der Waals surface area contributed by atoms with Crippen molar-refractivity contribution in [2.75, 3.05) is 37.0 Å². The molecule has 1 heterocycles. The highest BCUT2D eigenvalue weighted by Crippen LogP contribution is 2.28. The fraction of sp³-hybridized carbons (Fsp3) is 0.350. The van der Waals surface area contributed by atoms with Crippen molar-refractivity contribution in [3.8, 4) is 5.75 Å². The van der Waals surface area contributed by atoms with Gasteiger partial charge in [-0.05, 0) is 56.4 Å². The third-order valence-corrected chi connectivity index (χ3v) is 5.28. The number of methoxy groups -OCH3 is 1. The zero-order valence-electron chi connectivity index (χ0n) is 15.3. The average molecular weight is 390 g/mol. The number of piperazine rings is 1. The lowest BCUT2D eigenvalue weighted by atomic mass is 10.1. The molecule has 1 unspecified atom stereocenters. The third-order valence-electron chi connectivity index (χ3n) is 4.68. The van der Waals surface area contributed by atoms with E-state index in [1.807, 2.05) is 12.1 Å². The van der Waals surface area contributed by atoms with Gasteiger partial charge in [0.1, 0.15) is 5.75 Å². The van der Waals surface area contributed by atoms with Crippen LogP contribution in [0.25, 0.3) is 0 Å². The van der Waals surface area contributed by atoms with Crippen LogP contribution in [0.15, 0.2) is 42.5 Å². The lowest BCUT2D eigenvalue weighted by Gasteiger charge is -2.42. The van der Waals surface area contributed by atoms with Gasteiger partial charge in [0.05, 0.1) is 12.8 Å². The highest BCUT2D eigenvalue weighted by atomic mass is 35.5. The maximum atomic E-state index is 6.11. The van der Waals surface area contributed by atoms with Crippen molar-refractivity contribution in [2.45, 2.75) is 19.9 Å². The molecule has 0 spiro atoms. The lowest BCUT2D eigenvalue weighted by Crippen LogP contribution is -2.54. The molecule has 2 aromatic rings. The van der Waals surface area contributed by atoms with E-state index in [9.17, 15) is 0 Å². The van der Waals surface area contributed by atoms with E-state index >= 15 is 0 Å². The SMILES string of the molecule is COc1ccc(Cl)cc1NC(=S)N1CCN(c2ccc(C)cc2)C(C)C1. The first-order valence-corrected chi connectivity index (χ1v) is 9.49. The highest BCUT2D eigenvalue weighted by Gasteiger charge is 2.25. The summed E-state index contributed by atoms with van der Waals surface area (Å²) in [5.41, 5.74) is 3.33. The highest BCUT2D eigenvalue weighted by molar-refractivity contribution is 7.80. The van der Waals surface area contributed by atoms with E-state index in [2.05, 4.69) is 53.2 Å². The Labute approximate surface area is 165 Å². The Kier molecular flexibility index (Phi) is 5.89. The molecule has 0 saturated carbocycles. The Morgan fingerprint density at radius 2 is 1.92 bits per heavy atom. The maximum absolute atomic E-state index is 6.11. The van der Waals surface area contributed by atoms with E-state index in [1.54, 1.807) is 13.2 Å². The molecule has 6 heteroatoms. The Balaban J connectivity index is 1.66. The molecule has 1 fully saturated rings. The predicted octanol–water partition coefficient (Wildman–Crippen LogP) is 4.56. The number of thiocarbonyl (C=S) groups is 1. The standard InChI is InChI=1S/C20H24ClN3OS/c1-14-4-7-17(8-5-14)24-11-10-23(13-15(24)2)20(26)22-18-12-16(21)6-9-19(18)25-3/h4-9,12,15H,10-11,13H2,1-3H3,(H,22,26). The molecule has 0 radical (unpaired) electrons. The second-order valence-electron chi connectivity index (χ2n) is 6.60. The third kappa shape index (κ3) is 4.22. The number of nitrogens with zero attached hydrogens (tertiary/aromatic N) is 2. The minimum absolute atomic E-state index is 0.368. The quantitative estimate of drug-likeness (QED) is 0.776. The summed E-state index contributed by atoms with van der Waals surface area (Å²) in [6.45, 7) is 7.00. The van der Waals surface area contributed by atoms with E-state index in [1.165, 1.54) is 11.3 Å². The second kappa shape index (κ2) is 8.14. The molecule has 4 nitrogen and oxygen atoms in total. The topological polar surface area (TPSA) is 27.7 Å². The normalized spacial score (nSPS) is 17.2. The molecule has 1 saturated heterocycles. The number of anilines is 2. The van der Waals surface area contributed by atoms with Crippen LogP contribution in [-0.2, 0) is 0 Å². The van der Waals surface area contributed by atoms with Crippen LogP contribution in [0, 0.1) is 6.92 Å². The van der Waals surface area contributed by atoms with Gasteiger partial charge in [-0.15, -0.1) is 0 Å². The Hall–Kier alpha value is -1.98. The summed E-state index contributed by atoms with van der Waals surface area (Å²) < 4.78 is 5.39. The first-order chi connectivity index (χ1) is 12.5. The fourth-order valence-electron chi connectivity index (χ4n) is 3.23. The Morgan fingerprint density at radius 1 is 1.19 bits per heavy atom. The largest absolute Gasteiger partial charge is 0.495 e. The first kappa shape index (κ1) is 18.8. The van der Waals surface area contributed by atoms with Gasteiger partial charge in [-0.2, -0.15) is 0 Å². The van der Waals surface area contributed by atoms with Crippen molar-refractivity contribution in [1.29, 1.82) is 0 Å². The van der Waals surface area contributed by atoms with Crippen LogP contribution in [0.3, 0.4) is 0 Å². The van der Waals surface area contributed by atoms with Crippen molar-refractivity contribution in [3.63, 3.8) is 0 Å². The van der Waals surface area contributed by atoms with Crippen LogP contribution in [0.4, 0.5) is 11.4 Å². The van der Waals surface area contributed by atoms with Gasteiger partial charge in [-0.25, -0.2) is 0 Å². The molecule has 1 atom stereocenters. The average Bonchev–Trinajstić information content (AvgIpc) is 2.63. The molecular formula is C20H24ClN3OS. The van der Waals surface area contributed by atoms with Crippen molar-refractivity contribution in [1.82, 2.24) is 4.90 Å². The van der Waals surface area contributed by atoms with Crippen molar-refractivity contribution < 1.29 is 4.74 Å². The zero-order valence-corrected chi connectivity index (χ0v) is 16.9. The number of hydrogen-bond donors (Lipinski definition) is 1. The molecule has 0 aliphatic carbocycles. The molecule has 3 rings (SSSR count). The first-order valence-electron chi connectivity index (χ1n) is 8.70. The second-order valence-corrected chi connectivity index (χ2v) is 7.42. The smallest absolute Gasteiger partial charge is 0.173 e. The molecular weight excluding hydrogens is 366 g/mol. The van der Waals surface area contributed by atoms with Gasteiger partial charge in [-0.3, -0.25) is 0 Å². The maximum Gasteiger partial charge on any atom is 0.173 e. The van der Waals surface area contributed by atoms with Crippen LogP contribution >= 0.6 is 23.8 Å². The van der Waals surface area contributed by atoms with E-state index in [0.29, 0.717) is 16.2 Å². The Bertz CT molecular complexity index is 781. The van der Waals surface area contributed by atoms with Crippen LogP contribution in [0.1, 0.15) is 12.5 Å². The van der Waals surface area contributed by atoms with Crippen molar-refractivity contribution in [2.24, 2.45) is 0 Å². The number of ether oxygens (including phenoxy) is 1. The van der Waals surface area contributed by atoms with Gasteiger partial charge in [0.2, 0.25) is 0 Å².